The Kier molecular flexibility index (Phi) is 2.16. The van der Waals surface area contributed by atoms with E-state index in [1.54, 1.807) is 24.3 Å². The van der Waals surface area contributed by atoms with Crippen LogP contribution in [0.2, 0.25) is 0 Å². The molecule has 2 heterocycles. The van der Waals surface area contributed by atoms with Crippen molar-refractivity contribution in [3.05, 3.63) is 47.2 Å². The third-order valence-corrected chi connectivity index (χ3v) is 2.78. The molecule has 0 fully saturated rings. The van der Waals surface area contributed by atoms with Crippen molar-refractivity contribution in [2.45, 2.75) is 6.54 Å². The van der Waals surface area contributed by atoms with Gasteiger partial charge in [-0.2, -0.15) is 0 Å². The summed E-state index contributed by atoms with van der Waals surface area (Å²) >= 11 is 0. The minimum atomic E-state index is -0.322. The average Bonchev–Trinajstić information content (AvgIpc) is 2.88. The molecule has 0 saturated heterocycles. The maximum absolute atomic E-state index is 12.0. The molecule has 1 aliphatic rings. The predicted molar refractivity (Wildman–Crippen MR) is 61.6 cm³/mol. The van der Waals surface area contributed by atoms with Crippen molar-refractivity contribution in [1.82, 2.24) is 10.1 Å². The molecule has 1 aliphatic heterocycles. The van der Waals surface area contributed by atoms with Gasteiger partial charge in [0, 0.05) is 6.07 Å². The van der Waals surface area contributed by atoms with Gasteiger partial charge in [-0.1, -0.05) is 17.3 Å². The number of carbonyl (C=O) groups excluding carboxylic acids is 2. The third kappa shape index (κ3) is 1.46. The van der Waals surface area contributed by atoms with Crippen LogP contribution in [0.3, 0.4) is 0 Å². The van der Waals surface area contributed by atoms with Crippen LogP contribution >= 0.6 is 0 Å². The van der Waals surface area contributed by atoms with Crippen molar-refractivity contribution in [3.63, 3.8) is 0 Å². The molecule has 18 heavy (non-hydrogen) atoms. The first-order valence-corrected chi connectivity index (χ1v) is 5.33. The molecule has 2 N–H and O–H groups in total. The standard InChI is InChI=1S/C12H9N3O3/c13-10-5-7(14-18-10)6-15-11(16)8-3-1-2-4-9(8)12(15)17/h1-5H,6,13H2. The van der Waals surface area contributed by atoms with Crippen LogP contribution in [0.1, 0.15) is 26.4 Å². The van der Waals surface area contributed by atoms with Gasteiger partial charge in [-0.15, -0.1) is 0 Å². The maximum atomic E-state index is 12.0. The first-order chi connectivity index (χ1) is 8.66. The van der Waals surface area contributed by atoms with Crippen LogP contribution in [0.4, 0.5) is 5.88 Å². The Morgan fingerprint density at radius 2 is 1.78 bits per heavy atom. The summed E-state index contributed by atoms with van der Waals surface area (Å²) < 4.78 is 4.70. The third-order valence-electron chi connectivity index (χ3n) is 2.78. The summed E-state index contributed by atoms with van der Waals surface area (Å²) in [7, 11) is 0. The largest absolute Gasteiger partial charge is 0.368 e. The van der Waals surface area contributed by atoms with Crippen molar-refractivity contribution in [2.75, 3.05) is 5.73 Å². The molecule has 0 aliphatic carbocycles. The summed E-state index contributed by atoms with van der Waals surface area (Å²) in [6, 6.07) is 8.20. The number of fused-ring (bicyclic) bond motifs is 1. The molecule has 6 heteroatoms. The van der Waals surface area contributed by atoms with Crippen molar-refractivity contribution in [3.8, 4) is 0 Å². The second-order valence-corrected chi connectivity index (χ2v) is 3.96. The molecule has 2 amide bonds. The molecule has 90 valence electrons. The van der Waals surface area contributed by atoms with E-state index in [-0.39, 0.29) is 24.2 Å². The fourth-order valence-electron chi connectivity index (χ4n) is 1.95. The minimum absolute atomic E-state index is 0.0625. The van der Waals surface area contributed by atoms with Gasteiger partial charge in [0.2, 0.25) is 5.88 Å². The van der Waals surface area contributed by atoms with E-state index in [0.29, 0.717) is 16.8 Å². The Balaban J connectivity index is 1.92. The lowest BCUT2D eigenvalue weighted by atomic mass is 10.1. The highest BCUT2D eigenvalue weighted by molar-refractivity contribution is 6.21. The summed E-state index contributed by atoms with van der Waals surface area (Å²) in [4.78, 5) is 25.2. The highest BCUT2D eigenvalue weighted by Gasteiger charge is 2.35. The van der Waals surface area contributed by atoms with E-state index in [1.165, 1.54) is 6.07 Å². The zero-order valence-corrected chi connectivity index (χ0v) is 9.29. The molecule has 0 unspecified atom stereocenters. The van der Waals surface area contributed by atoms with Crippen LogP contribution in [0.5, 0.6) is 0 Å². The average molecular weight is 243 g/mol. The Labute approximate surface area is 102 Å². The maximum Gasteiger partial charge on any atom is 0.261 e. The molecule has 0 atom stereocenters. The van der Waals surface area contributed by atoms with E-state index >= 15 is 0 Å². The predicted octanol–water partition coefficient (Wildman–Crippen LogP) is 1.05. The van der Waals surface area contributed by atoms with Gasteiger partial charge >= 0.3 is 0 Å². The Morgan fingerprint density at radius 3 is 2.28 bits per heavy atom. The first kappa shape index (κ1) is 10.5. The van der Waals surface area contributed by atoms with Crippen molar-refractivity contribution in [2.24, 2.45) is 0 Å². The van der Waals surface area contributed by atoms with Crippen molar-refractivity contribution < 1.29 is 14.1 Å². The second-order valence-electron chi connectivity index (χ2n) is 3.96. The Hall–Kier alpha value is -2.63. The zero-order chi connectivity index (χ0) is 12.7. The highest BCUT2D eigenvalue weighted by Crippen LogP contribution is 2.24. The molecular weight excluding hydrogens is 234 g/mol. The molecule has 1 aromatic carbocycles. The summed E-state index contributed by atoms with van der Waals surface area (Å²) in [5.41, 5.74) is 6.67. The van der Waals surface area contributed by atoms with Crippen molar-refractivity contribution in [1.29, 1.82) is 0 Å². The van der Waals surface area contributed by atoms with Gasteiger partial charge in [0.15, 0.2) is 0 Å². The monoisotopic (exact) mass is 243 g/mol. The zero-order valence-electron chi connectivity index (χ0n) is 9.29. The topological polar surface area (TPSA) is 89.4 Å². The van der Waals surface area contributed by atoms with Gasteiger partial charge in [-0.05, 0) is 12.1 Å². The summed E-state index contributed by atoms with van der Waals surface area (Å²) in [5, 5.41) is 3.66. The SMILES string of the molecule is Nc1cc(CN2C(=O)c3ccccc3C2=O)no1. The molecular formula is C12H9N3O3. The van der Waals surface area contributed by atoms with E-state index in [4.69, 9.17) is 10.3 Å². The van der Waals surface area contributed by atoms with E-state index < -0.39 is 0 Å². The summed E-state index contributed by atoms with van der Waals surface area (Å²) in [6.07, 6.45) is 0. The van der Waals surface area contributed by atoms with E-state index in [9.17, 15) is 9.59 Å². The Bertz CT molecular complexity index is 613. The smallest absolute Gasteiger partial charge is 0.261 e. The van der Waals surface area contributed by atoms with Gasteiger partial charge in [-0.25, -0.2) is 0 Å². The number of nitrogen functional groups attached to an aromatic ring is 1. The number of anilines is 1. The second kappa shape index (κ2) is 3.69. The number of hydrogen-bond acceptors (Lipinski definition) is 5. The van der Waals surface area contributed by atoms with E-state index in [1.807, 2.05) is 0 Å². The normalized spacial score (nSPS) is 14.1. The minimum Gasteiger partial charge on any atom is -0.368 e. The fourth-order valence-corrected chi connectivity index (χ4v) is 1.95. The molecule has 1 aromatic heterocycles. The molecule has 2 aromatic rings. The van der Waals surface area contributed by atoms with Gasteiger partial charge in [0.25, 0.3) is 11.8 Å². The lowest BCUT2D eigenvalue weighted by Gasteiger charge is -2.10. The quantitative estimate of drug-likeness (QED) is 0.796. The first-order valence-electron chi connectivity index (χ1n) is 5.33. The van der Waals surface area contributed by atoms with Gasteiger partial charge < -0.3 is 10.3 Å². The van der Waals surface area contributed by atoms with Gasteiger partial charge in [0.1, 0.15) is 5.69 Å². The van der Waals surface area contributed by atoms with Crippen molar-refractivity contribution >= 4 is 17.7 Å². The van der Waals surface area contributed by atoms with Crippen LogP contribution in [0.25, 0.3) is 0 Å². The number of aromatic nitrogens is 1. The number of rotatable bonds is 2. The van der Waals surface area contributed by atoms with Crippen LogP contribution in [0, 0.1) is 0 Å². The number of nitrogens with zero attached hydrogens (tertiary/aromatic N) is 2. The summed E-state index contributed by atoms with van der Waals surface area (Å²) in [5.74, 6) is -0.490. The number of benzene rings is 1. The Morgan fingerprint density at radius 1 is 1.17 bits per heavy atom. The van der Waals surface area contributed by atoms with Gasteiger partial charge in [0.05, 0.1) is 17.7 Å². The summed E-state index contributed by atoms with van der Waals surface area (Å²) in [6.45, 7) is 0.0625. The molecule has 3 rings (SSSR count). The van der Waals surface area contributed by atoms with E-state index in [2.05, 4.69) is 5.16 Å². The number of carbonyl (C=O) groups is 2. The number of imide groups is 1. The van der Waals surface area contributed by atoms with E-state index in [0.717, 1.165) is 4.90 Å². The van der Waals surface area contributed by atoms with Crippen LogP contribution < -0.4 is 5.73 Å². The highest BCUT2D eigenvalue weighted by atomic mass is 16.5. The molecule has 6 nitrogen and oxygen atoms in total. The fraction of sp³-hybridized carbons (Fsp3) is 0.0833. The number of hydrogen-bond donors (Lipinski definition) is 1. The number of amides is 2. The van der Waals surface area contributed by atoms with Crippen LogP contribution in [-0.2, 0) is 6.54 Å². The number of nitrogens with two attached hydrogens (primary N) is 1. The molecule has 0 bridgehead atoms. The lowest BCUT2D eigenvalue weighted by molar-refractivity contribution is 0.0639. The molecule has 0 spiro atoms. The molecule has 0 radical (unpaired) electrons. The van der Waals surface area contributed by atoms with Gasteiger partial charge in [-0.3, -0.25) is 14.5 Å². The lowest BCUT2D eigenvalue weighted by Crippen LogP contribution is -2.29. The van der Waals surface area contributed by atoms with Crippen LogP contribution in [0.15, 0.2) is 34.9 Å². The van der Waals surface area contributed by atoms with Crippen LogP contribution in [-0.4, -0.2) is 21.9 Å². The molecule has 0 saturated carbocycles.